The Kier molecular flexibility index (Phi) is 5.57. The van der Waals surface area contributed by atoms with Gasteiger partial charge in [-0.05, 0) is 30.3 Å². The number of aromatic amines is 1. The van der Waals surface area contributed by atoms with E-state index in [1.165, 1.54) is 10.0 Å². The van der Waals surface area contributed by atoms with E-state index in [2.05, 4.69) is 37.5 Å². The van der Waals surface area contributed by atoms with Crippen molar-refractivity contribution in [3.05, 3.63) is 78.0 Å². The minimum atomic E-state index is -0.730. The van der Waals surface area contributed by atoms with Gasteiger partial charge < -0.3 is 16.0 Å². The molecule has 10 nitrogen and oxygen atoms in total. The highest BCUT2D eigenvalue weighted by molar-refractivity contribution is 6.27. The predicted molar refractivity (Wildman–Crippen MR) is 143 cm³/mol. The zero-order valence-electron chi connectivity index (χ0n) is 20.3. The van der Waals surface area contributed by atoms with Crippen molar-refractivity contribution < 1.29 is 9.59 Å². The van der Waals surface area contributed by atoms with E-state index in [9.17, 15) is 9.59 Å². The van der Waals surface area contributed by atoms with Gasteiger partial charge in [-0.1, -0.05) is 30.3 Å². The minimum absolute atomic E-state index is 0.212. The molecule has 4 N–H and O–H groups in total. The van der Waals surface area contributed by atoms with E-state index < -0.39 is 6.03 Å². The monoisotopic (exact) mass is 494 g/mol. The van der Waals surface area contributed by atoms with Gasteiger partial charge in [0.2, 0.25) is 0 Å². The van der Waals surface area contributed by atoms with Crippen LogP contribution in [0, 0.1) is 0 Å². The first-order valence-corrected chi connectivity index (χ1v) is 12.1. The molecule has 1 fully saturated rings. The number of hydrogen-bond acceptors (Lipinski definition) is 7. The molecule has 0 bridgehead atoms. The van der Waals surface area contributed by atoms with Crippen LogP contribution in [0.5, 0.6) is 0 Å². The van der Waals surface area contributed by atoms with Crippen LogP contribution in [-0.2, 0) is 0 Å². The lowest BCUT2D eigenvalue weighted by atomic mass is 10.0. The number of piperazine rings is 1. The summed E-state index contributed by atoms with van der Waals surface area (Å²) in [5, 5.41) is 13.7. The van der Waals surface area contributed by atoms with Crippen LogP contribution in [0.4, 0.5) is 22.0 Å². The lowest BCUT2D eigenvalue weighted by Gasteiger charge is -2.32. The third-order valence-corrected chi connectivity index (χ3v) is 6.87. The fourth-order valence-corrected chi connectivity index (χ4v) is 5.08. The molecule has 1 aliphatic carbocycles. The molecule has 10 heteroatoms. The van der Waals surface area contributed by atoms with Crippen molar-refractivity contribution in [3.8, 4) is 22.5 Å². The summed E-state index contributed by atoms with van der Waals surface area (Å²) in [5.41, 5.74) is 10.9. The summed E-state index contributed by atoms with van der Waals surface area (Å²) in [6.45, 7) is 3.83. The first-order chi connectivity index (χ1) is 18.0. The van der Waals surface area contributed by atoms with Crippen molar-refractivity contribution >= 4 is 29.0 Å². The highest BCUT2D eigenvalue weighted by Gasteiger charge is 2.37. The number of benzene rings is 2. The van der Waals surface area contributed by atoms with E-state index in [-0.39, 0.29) is 5.78 Å². The number of hydrazine groups is 1. The van der Waals surface area contributed by atoms with Crippen molar-refractivity contribution in [1.29, 1.82) is 0 Å². The summed E-state index contributed by atoms with van der Waals surface area (Å²) in [7, 11) is 1.68. The molecule has 0 atom stereocenters. The van der Waals surface area contributed by atoms with Crippen molar-refractivity contribution in [2.24, 2.45) is 5.73 Å². The number of urea groups is 1. The van der Waals surface area contributed by atoms with Gasteiger partial charge in [-0.3, -0.25) is 14.9 Å². The summed E-state index contributed by atoms with van der Waals surface area (Å²) in [4.78, 5) is 33.1. The number of anilines is 3. The van der Waals surface area contributed by atoms with Crippen LogP contribution in [0.1, 0.15) is 15.9 Å². The molecule has 2 aromatic carbocycles. The molecule has 2 amide bonds. The molecule has 3 heterocycles. The lowest BCUT2D eigenvalue weighted by Crippen LogP contribution is -2.48. The Bertz CT molecular complexity index is 1480. The Labute approximate surface area is 213 Å². The van der Waals surface area contributed by atoms with E-state index in [0.717, 1.165) is 37.4 Å². The average molecular weight is 495 g/mol. The first kappa shape index (κ1) is 22.7. The number of nitrogens with zero attached hydrogens (tertiary/aromatic N) is 5. The fraction of sp³-hybridized carbons (Fsp3) is 0.185. The third kappa shape index (κ3) is 3.78. The number of nitrogens with two attached hydrogens (primary N) is 1. The molecule has 4 aromatic rings. The van der Waals surface area contributed by atoms with Crippen LogP contribution in [0.3, 0.4) is 0 Å². The molecule has 2 aliphatic rings. The second-order valence-corrected chi connectivity index (χ2v) is 9.00. The van der Waals surface area contributed by atoms with Gasteiger partial charge in [-0.2, -0.15) is 5.10 Å². The molecule has 6 rings (SSSR count). The molecule has 0 unspecified atom stereocenters. The van der Waals surface area contributed by atoms with Gasteiger partial charge in [0.05, 0.1) is 22.5 Å². The second-order valence-electron chi connectivity index (χ2n) is 9.00. The Morgan fingerprint density at radius 1 is 1.00 bits per heavy atom. The van der Waals surface area contributed by atoms with Gasteiger partial charge in [0, 0.05) is 56.2 Å². The average Bonchev–Trinajstić information content (AvgIpc) is 3.50. The van der Waals surface area contributed by atoms with Gasteiger partial charge >= 0.3 is 6.03 Å². The van der Waals surface area contributed by atoms with Crippen molar-refractivity contribution in [3.63, 3.8) is 0 Å². The molecule has 1 saturated heterocycles. The smallest absolute Gasteiger partial charge is 0.338 e. The standard InChI is InChI=1S/C27H26N8O2/c1-33(21-7-2-3-12-30-21)35(27(28)37)20-6-4-5-19-22(20)26(36)23-24(31-32-25(19)23)17-8-10-18(11-9-17)34-15-13-29-14-16-34/h2-12,29H,13-16H2,1H3,(H2,28,37)(H,31,32). The Hall–Kier alpha value is -4.70. The van der Waals surface area contributed by atoms with Crippen LogP contribution >= 0.6 is 0 Å². The quantitative estimate of drug-likeness (QED) is 0.321. The number of carbonyl (C=O) groups is 2. The maximum atomic E-state index is 13.9. The van der Waals surface area contributed by atoms with Gasteiger partial charge in [0.1, 0.15) is 11.5 Å². The number of aromatic nitrogens is 3. The summed E-state index contributed by atoms with van der Waals surface area (Å²) < 4.78 is 0. The second kappa shape index (κ2) is 9.07. The van der Waals surface area contributed by atoms with Crippen LogP contribution in [0.2, 0.25) is 0 Å². The van der Waals surface area contributed by atoms with Crippen LogP contribution in [-0.4, -0.2) is 60.2 Å². The minimum Gasteiger partial charge on any atom is -0.369 e. The predicted octanol–water partition coefficient (Wildman–Crippen LogP) is 3.03. The number of hydrogen-bond donors (Lipinski definition) is 3. The number of fused-ring (bicyclic) bond motifs is 3. The number of amides is 2. The highest BCUT2D eigenvalue weighted by Crippen LogP contribution is 2.44. The molecular formula is C27H26N8O2. The molecule has 186 valence electrons. The largest absolute Gasteiger partial charge is 0.369 e. The summed E-state index contributed by atoms with van der Waals surface area (Å²) >= 11 is 0. The molecule has 2 aromatic heterocycles. The zero-order valence-corrected chi connectivity index (χ0v) is 20.3. The van der Waals surface area contributed by atoms with E-state index in [4.69, 9.17) is 5.73 Å². The van der Waals surface area contributed by atoms with Crippen LogP contribution in [0.25, 0.3) is 22.5 Å². The summed E-state index contributed by atoms with van der Waals surface area (Å²) in [5.74, 6) is 0.297. The fourth-order valence-electron chi connectivity index (χ4n) is 5.08. The third-order valence-electron chi connectivity index (χ3n) is 6.87. The molecule has 1 aliphatic heterocycles. The number of H-pyrrole nitrogens is 1. The van der Waals surface area contributed by atoms with E-state index in [0.29, 0.717) is 39.6 Å². The van der Waals surface area contributed by atoms with Crippen LogP contribution < -0.4 is 26.0 Å². The van der Waals surface area contributed by atoms with Gasteiger partial charge in [-0.25, -0.2) is 14.8 Å². The van der Waals surface area contributed by atoms with Crippen molar-refractivity contribution in [1.82, 2.24) is 20.5 Å². The van der Waals surface area contributed by atoms with Crippen LogP contribution in [0.15, 0.2) is 66.9 Å². The number of primary amides is 1. The lowest BCUT2D eigenvalue weighted by molar-refractivity contribution is 0.104. The molecule has 0 radical (unpaired) electrons. The Balaban J connectivity index is 1.37. The SMILES string of the molecule is CN(c1ccccn1)N(C(N)=O)c1cccc2c1C(=O)c1c(-c3ccc(N4CCNCC4)cc3)n[nH]c1-2. The first-order valence-electron chi connectivity index (χ1n) is 12.1. The number of pyridine rings is 1. The maximum absolute atomic E-state index is 13.9. The van der Waals surface area contributed by atoms with Gasteiger partial charge in [-0.15, -0.1) is 0 Å². The summed E-state index contributed by atoms with van der Waals surface area (Å²) in [6, 6.07) is 18.1. The van der Waals surface area contributed by atoms with E-state index in [1.807, 2.05) is 24.3 Å². The molecule has 37 heavy (non-hydrogen) atoms. The van der Waals surface area contributed by atoms with E-state index >= 15 is 0 Å². The van der Waals surface area contributed by atoms with Crippen molar-refractivity contribution in [2.75, 3.05) is 48.1 Å². The summed E-state index contributed by atoms with van der Waals surface area (Å²) in [6.07, 6.45) is 1.63. The number of carbonyl (C=O) groups excluding carboxylic acids is 2. The normalized spacial score (nSPS) is 14.3. The molecular weight excluding hydrogens is 468 g/mol. The highest BCUT2D eigenvalue weighted by atomic mass is 16.2. The number of rotatable bonds is 5. The Morgan fingerprint density at radius 2 is 1.78 bits per heavy atom. The van der Waals surface area contributed by atoms with Gasteiger partial charge in [0.25, 0.3) is 0 Å². The Morgan fingerprint density at radius 3 is 2.49 bits per heavy atom. The maximum Gasteiger partial charge on any atom is 0.338 e. The zero-order chi connectivity index (χ0) is 25.5. The number of nitrogens with one attached hydrogen (secondary N) is 2. The molecule has 0 spiro atoms. The van der Waals surface area contributed by atoms with Gasteiger partial charge in [0.15, 0.2) is 5.78 Å². The topological polar surface area (TPSA) is 123 Å². The van der Waals surface area contributed by atoms with Crippen molar-refractivity contribution in [2.45, 2.75) is 0 Å². The number of ketones is 1. The van der Waals surface area contributed by atoms with E-state index in [1.54, 1.807) is 37.5 Å². The molecule has 0 saturated carbocycles.